The summed E-state index contributed by atoms with van der Waals surface area (Å²) in [5.74, 6) is 0.295. The van der Waals surface area contributed by atoms with Crippen LogP contribution in [0, 0.1) is 5.82 Å². The van der Waals surface area contributed by atoms with Crippen LogP contribution in [-0.2, 0) is 4.74 Å². The molecule has 5 nitrogen and oxygen atoms in total. The molecule has 138 valence electrons. The first-order chi connectivity index (χ1) is 12.7. The van der Waals surface area contributed by atoms with Crippen LogP contribution < -0.4 is 10.1 Å². The van der Waals surface area contributed by atoms with Crippen molar-refractivity contribution in [2.45, 2.75) is 6.04 Å². The number of rotatable bonds is 6. The maximum absolute atomic E-state index is 13.3. The lowest BCUT2D eigenvalue weighted by Crippen LogP contribution is -2.43. The number of hydrogen-bond acceptors (Lipinski definition) is 4. The molecule has 0 aliphatic carbocycles. The Balaban J connectivity index is 1.70. The van der Waals surface area contributed by atoms with Crippen molar-refractivity contribution in [2.75, 3.05) is 40.0 Å². The zero-order valence-electron chi connectivity index (χ0n) is 14.8. The summed E-state index contributed by atoms with van der Waals surface area (Å²) in [4.78, 5) is 14.7. The molecule has 1 aliphatic rings. The molecule has 1 saturated heterocycles. The summed E-state index contributed by atoms with van der Waals surface area (Å²) in [5.41, 5.74) is 1.55. The quantitative estimate of drug-likeness (QED) is 0.863. The molecule has 1 heterocycles. The second kappa shape index (κ2) is 8.78. The molecule has 1 atom stereocenters. The van der Waals surface area contributed by atoms with Crippen LogP contribution in [0.5, 0.6) is 5.75 Å². The molecule has 0 aromatic heterocycles. The molecule has 0 bridgehead atoms. The maximum Gasteiger partial charge on any atom is 0.251 e. The van der Waals surface area contributed by atoms with Gasteiger partial charge in [-0.2, -0.15) is 0 Å². The Kier molecular flexibility index (Phi) is 6.20. The smallest absolute Gasteiger partial charge is 0.251 e. The number of ether oxygens (including phenoxy) is 2. The van der Waals surface area contributed by atoms with Gasteiger partial charge >= 0.3 is 0 Å². The molecule has 1 aliphatic heterocycles. The lowest BCUT2D eigenvalue weighted by atomic mass is 10.0. The summed E-state index contributed by atoms with van der Waals surface area (Å²) in [6.45, 7) is 3.31. The van der Waals surface area contributed by atoms with Crippen molar-refractivity contribution in [3.63, 3.8) is 0 Å². The Bertz CT molecular complexity index is 713. The van der Waals surface area contributed by atoms with E-state index < -0.39 is 0 Å². The van der Waals surface area contributed by atoms with Gasteiger partial charge in [0.15, 0.2) is 0 Å². The van der Waals surface area contributed by atoms with E-state index >= 15 is 0 Å². The molecular weight excluding hydrogens is 335 g/mol. The van der Waals surface area contributed by atoms with Crippen molar-refractivity contribution >= 4 is 5.91 Å². The Hall–Kier alpha value is -2.44. The van der Waals surface area contributed by atoms with Gasteiger partial charge in [-0.25, -0.2) is 4.39 Å². The molecule has 0 spiro atoms. The normalized spacial score (nSPS) is 16.1. The van der Waals surface area contributed by atoms with E-state index in [9.17, 15) is 9.18 Å². The van der Waals surface area contributed by atoms with Gasteiger partial charge in [0.25, 0.3) is 5.91 Å². The van der Waals surface area contributed by atoms with Crippen LogP contribution in [0.25, 0.3) is 0 Å². The van der Waals surface area contributed by atoms with E-state index in [2.05, 4.69) is 10.2 Å². The van der Waals surface area contributed by atoms with E-state index in [-0.39, 0.29) is 17.8 Å². The Morgan fingerprint density at radius 2 is 1.81 bits per heavy atom. The lowest BCUT2D eigenvalue weighted by molar-refractivity contribution is 0.0162. The third-order valence-corrected chi connectivity index (χ3v) is 4.55. The molecule has 0 unspecified atom stereocenters. The van der Waals surface area contributed by atoms with Gasteiger partial charge in [0.05, 0.1) is 26.4 Å². The number of carbonyl (C=O) groups is 1. The molecule has 26 heavy (non-hydrogen) atoms. The predicted molar refractivity (Wildman–Crippen MR) is 96.9 cm³/mol. The molecule has 3 rings (SSSR count). The van der Waals surface area contributed by atoms with Gasteiger partial charge in [-0.15, -0.1) is 0 Å². The van der Waals surface area contributed by atoms with Gasteiger partial charge in [0, 0.05) is 25.2 Å². The second-order valence-corrected chi connectivity index (χ2v) is 6.15. The monoisotopic (exact) mass is 358 g/mol. The van der Waals surface area contributed by atoms with Gasteiger partial charge in [-0.1, -0.05) is 12.1 Å². The van der Waals surface area contributed by atoms with Gasteiger partial charge in [-0.05, 0) is 42.0 Å². The average Bonchev–Trinajstić information content (AvgIpc) is 2.70. The number of nitrogens with one attached hydrogen (secondary N) is 1. The van der Waals surface area contributed by atoms with Crippen LogP contribution in [0.15, 0.2) is 48.5 Å². The van der Waals surface area contributed by atoms with Gasteiger partial charge in [-0.3, -0.25) is 9.69 Å². The number of hydrogen-bond donors (Lipinski definition) is 1. The number of methoxy groups -OCH3 is 1. The van der Waals surface area contributed by atoms with Crippen molar-refractivity contribution in [1.82, 2.24) is 10.2 Å². The minimum absolute atomic E-state index is 0.0262. The molecule has 0 saturated carbocycles. The van der Waals surface area contributed by atoms with Crippen LogP contribution in [-0.4, -0.2) is 50.8 Å². The zero-order chi connectivity index (χ0) is 18.4. The summed E-state index contributed by atoms with van der Waals surface area (Å²) in [7, 11) is 1.59. The summed E-state index contributed by atoms with van der Waals surface area (Å²) in [6.07, 6.45) is 0. The fraction of sp³-hybridized carbons (Fsp3) is 0.350. The molecule has 2 aromatic carbocycles. The van der Waals surface area contributed by atoms with E-state index in [0.717, 1.165) is 18.7 Å². The topological polar surface area (TPSA) is 50.8 Å². The molecular formula is C20H23FN2O3. The second-order valence-electron chi connectivity index (χ2n) is 6.15. The molecule has 0 radical (unpaired) electrons. The summed E-state index contributed by atoms with van der Waals surface area (Å²) < 4.78 is 23.8. The maximum atomic E-state index is 13.3. The van der Waals surface area contributed by atoms with E-state index in [1.165, 1.54) is 12.1 Å². The van der Waals surface area contributed by atoms with E-state index in [4.69, 9.17) is 9.47 Å². The van der Waals surface area contributed by atoms with E-state index in [1.807, 2.05) is 0 Å². The molecule has 1 fully saturated rings. The van der Waals surface area contributed by atoms with Crippen LogP contribution in [0.1, 0.15) is 22.0 Å². The number of benzene rings is 2. The highest BCUT2D eigenvalue weighted by molar-refractivity contribution is 5.94. The largest absolute Gasteiger partial charge is 0.497 e. The predicted octanol–water partition coefficient (Wildman–Crippen LogP) is 2.64. The Morgan fingerprint density at radius 3 is 2.42 bits per heavy atom. The highest BCUT2D eigenvalue weighted by Gasteiger charge is 2.23. The summed E-state index contributed by atoms with van der Waals surface area (Å²) >= 11 is 0. The van der Waals surface area contributed by atoms with Crippen molar-refractivity contribution in [2.24, 2.45) is 0 Å². The fourth-order valence-corrected chi connectivity index (χ4v) is 3.07. The fourth-order valence-electron chi connectivity index (χ4n) is 3.07. The SMILES string of the molecule is COc1ccc(C(=O)NC[C@H](c2ccc(F)cc2)N2CCOCC2)cc1. The van der Waals surface area contributed by atoms with Gasteiger partial charge in [0.2, 0.25) is 0 Å². The highest BCUT2D eigenvalue weighted by Crippen LogP contribution is 2.22. The van der Waals surface area contributed by atoms with Crippen molar-refractivity contribution in [3.05, 3.63) is 65.5 Å². The summed E-state index contributed by atoms with van der Waals surface area (Å²) in [6, 6.07) is 13.4. The minimum Gasteiger partial charge on any atom is -0.497 e. The number of nitrogens with zero attached hydrogens (tertiary/aromatic N) is 1. The molecule has 6 heteroatoms. The third kappa shape index (κ3) is 4.59. The van der Waals surface area contributed by atoms with Crippen LogP contribution in [0.2, 0.25) is 0 Å². The first-order valence-electron chi connectivity index (χ1n) is 8.67. The first-order valence-corrected chi connectivity index (χ1v) is 8.67. The Morgan fingerprint density at radius 1 is 1.15 bits per heavy atom. The van der Waals surface area contributed by atoms with Crippen molar-refractivity contribution in [3.8, 4) is 5.75 Å². The molecule has 2 aromatic rings. The van der Waals surface area contributed by atoms with E-state index in [1.54, 1.807) is 43.5 Å². The summed E-state index contributed by atoms with van der Waals surface area (Å²) in [5, 5.41) is 2.99. The van der Waals surface area contributed by atoms with Gasteiger partial charge < -0.3 is 14.8 Å². The van der Waals surface area contributed by atoms with Gasteiger partial charge in [0.1, 0.15) is 11.6 Å². The standard InChI is InChI=1S/C20H23FN2O3/c1-25-18-8-4-16(5-9-18)20(24)22-14-19(23-10-12-26-13-11-23)15-2-6-17(21)7-3-15/h2-9,19H,10-14H2,1H3,(H,22,24)/t19-/m1/s1. The number of halogens is 1. The number of amides is 1. The van der Waals surface area contributed by atoms with Crippen molar-refractivity contribution < 1.29 is 18.7 Å². The zero-order valence-corrected chi connectivity index (χ0v) is 14.8. The van der Waals surface area contributed by atoms with E-state index in [0.29, 0.717) is 31.1 Å². The number of morpholine rings is 1. The first kappa shape index (κ1) is 18.4. The number of carbonyl (C=O) groups excluding carboxylic acids is 1. The molecule has 1 N–H and O–H groups in total. The van der Waals surface area contributed by atoms with Crippen molar-refractivity contribution in [1.29, 1.82) is 0 Å². The van der Waals surface area contributed by atoms with Crippen LogP contribution >= 0.6 is 0 Å². The minimum atomic E-state index is -0.267. The van der Waals surface area contributed by atoms with Crippen LogP contribution in [0.4, 0.5) is 4.39 Å². The lowest BCUT2D eigenvalue weighted by Gasteiger charge is -2.35. The molecule has 1 amide bonds. The average molecular weight is 358 g/mol. The highest BCUT2D eigenvalue weighted by atomic mass is 19.1. The Labute approximate surface area is 152 Å². The third-order valence-electron chi connectivity index (χ3n) is 4.55. The van der Waals surface area contributed by atoms with Crippen LogP contribution in [0.3, 0.4) is 0 Å².